The first-order chi connectivity index (χ1) is 8.99. The van der Waals surface area contributed by atoms with Gasteiger partial charge in [0.2, 0.25) is 0 Å². The maximum atomic E-state index is 12.1. The van der Waals surface area contributed by atoms with E-state index in [1.807, 2.05) is 24.4 Å². The van der Waals surface area contributed by atoms with Gasteiger partial charge in [-0.05, 0) is 18.4 Å². The number of urea groups is 1. The molecule has 0 aromatic carbocycles. The highest BCUT2D eigenvalue weighted by atomic mass is 32.1. The van der Waals surface area contributed by atoms with E-state index >= 15 is 0 Å². The zero-order valence-corrected chi connectivity index (χ0v) is 11.3. The fraction of sp³-hybridized carbons (Fsp3) is 0.500. The summed E-state index contributed by atoms with van der Waals surface area (Å²) in [6.07, 6.45) is -0.695. The predicted octanol–water partition coefficient (Wildman–Crippen LogP) is 1.04. The summed E-state index contributed by atoms with van der Waals surface area (Å²) in [4.78, 5) is 25.3. The molecule has 1 fully saturated rings. The molecule has 0 radical (unpaired) electrons. The van der Waals surface area contributed by atoms with Gasteiger partial charge in [-0.15, -0.1) is 11.3 Å². The number of hydrogen-bond donors (Lipinski definition) is 3. The highest BCUT2D eigenvalue weighted by Crippen LogP contribution is 2.21. The van der Waals surface area contributed by atoms with Gasteiger partial charge in [0, 0.05) is 17.8 Å². The first-order valence-electron chi connectivity index (χ1n) is 6.00. The number of aliphatic hydroxyl groups excluding tert-OH is 1. The molecule has 3 N–H and O–H groups in total. The number of thiophene rings is 1. The van der Waals surface area contributed by atoms with Gasteiger partial charge in [0.15, 0.2) is 0 Å². The molecule has 0 bridgehead atoms. The number of carbonyl (C=O) groups is 2. The molecule has 7 heteroatoms. The summed E-state index contributed by atoms with van der Waals surface area (Å²) in [7, 11) is 0. The molecule has 0 spiro atoms. The minimum absolute atomic E-state index is 0.0555. The third-order valence-corrected chi connectivity index (χ3v) is 4.19. The Morgan fingerprint density at radius 2 is 2.32 bits per heavy atom. The molecule has 1 aromatic heterocycles. The first-order valence-corrected chi connectivity index (χ1v) is 6.88. The van der Waals surface area contributed by atoms with Gasteiger partial charge in [-0.3, -0.25) is 0 Å². The average molecular weight is 284 g/mol. The van der Waals surface area contributed by atoms with Crippen LogP contribution >= 0.6 is 11.3 Å². The smallest absolute Gasteiger partial charge is 0.326 e. The zero-order valence-electron chi connectivity index (χ0n) is 10.4. The second kappa shape index (κ2) is 5.58. The van der Waals surface area contributed by atoms with E-state index in [2.05, 4.69) is 5.32 Å². The largest absolute Gasteiger partial charge is 0.480 e. The Hall–Kier alpha value is -1.60. The normalized spacial score (nSPS) is 24.2. The van der Waals surface area contributed by atoms with Crippen LogP contribution in [0.3, 0.4) is 0 Å². The zero-order chi connectivity index (χ0) is 14.0. The molecule has 1 saturated heterocycles. The number of hydrogen-bond acceptors (Lipinski definition) is 4. The second-order valence-electron chi connectivity index (χ2n) is 4.58. The Labute approximate surface area is 114 Å². The van der Waals surface area contributed by atoms with Crippen molar-refractivity contribution < 1.29 is 19.8 Å². The highest BCUT2D eigenvalue weighted by molar-refractivity contribution is 7.10. The molecule has 19 heavy (non-hydrogen) atoms. The number of carboxylic acid groups (broad SMARTS) is 1. The van der Waals surface area contributed by atoms with Crippen LogP contribution in [0, 0.1) is 0 Å². The van der Waals surface area contributed by atoms with E-state index in [9.17, 15) is 14.7 Å². The number of nitrogens with zero attached hydrogens (tertiary/aromatic N) is 1. The van der Waals surface area contributed by atoms with E-state index in [4.69, 9.17) is 5.11 Å². The maximum absolute atomic E-state index is 12.1. The quantitative estimate of drug-likeness (QED) is 0.773. The lowest BCUT2D eigenvalue weighted by Crippen LogP contribution is -2.46. The van der Waals surface area contributed by atoms with E-state index in [0.29, 0.717) is 0 Å². The summed E-state index contributed by atoms with van der Waals surface area (Å²) in [5.41, 5.74) is 0. The summed E-state index contributed by atoms with van der Waals surface area (Å²) in [6.45, 7) is 1.89. The molecule has 1 aromatic rings. The molecule has 2 rings (SSSR count). The third-order valence-electron chi connectivity index (χ3n) is 3.13. The number of amides is 2. The number of likely N-dealkylation sites (tertiary alicyclic amines) is 1. The summed E-state index contributed by atoms with van der Waals surface area (Å²) in [5.74, 6) is -1.09. The fourth-order valence-electron chi connectivity index (χ4n) is 2.15. The van der Waals surface area contributed by atoms with Crippen molar-refractivity contribution in [3.8, 4) is 0 Å². The second-order valence-corrected chi connectivity index (χ2v) is 5.56. The molecule has 1 aliphatic rings. The topological polar surface area (TPSA) is 89.9 Å². The van der Waals surface area contributed by atoms with E-state index < -0.39 is 24.1 Å². The van der Waals surface area contributed by atoms with Gasteiger partial charge >= 0.3 is 12.0 Å². The van der Waals surface area contributed by atoms with Gasteiger partial charge in [0.1, 0.15) is 6.04 Å². The van der Waals surface area contributed by atoms with Gasteiger partial charge in [-0.25, -0.2) is 9.59 Å². The van der Waals surface area contributed by atoms with Crippen LogP contribution < -0.4 is 5.32 Å². The minimum Gasteiger partial charge on any atom is -0.480 e. The third kappa shape index (κ3) is 3.05. The van der Waals surface area contributed by atoms with Gasteiger partial charge in [-0.1, -0.05) is 6.07 Å². The number of carbonyl (C=O) groups excluding carboxylic acids is 1. The SMILES string of the molecule is CC(NC(=O)N1C[C@H](O)C[C@@H]1C(=O)O)c1cccs1. The molecule has 2 amide bonds. The number of aliphatic hydroxyl groups is 1. The average Bonchev–Trinajstić information content (AvgIpc) is 2.96. The van der Waals surface area contributed by atoms with Crippen LogP contribution in [0.1, 0.15) is 24.3 Å². The molecule has 3 atom stereocenters. The molecular formula is C12H16N2O4S. The van der Waals surface area contributed by atoms with Crippen LogP contribution in [0.5, 0.6) is 0 Å². The van der Waals surface area contributed by atoms with Crippen molar-refractivity contribution >= 4 is 23.3 Å². The minimum atomic E-state index is -1.09. The van der Waals surface area contributed by atoms with Crippen LogP contribution in [0.25, 0.3) is 0 Å². The van der Waals surface area contributed by atoms with E-state index in [0.717, 1.165) is 4.88 Å². The van der Waals surface area contributed by atoms with Crippen LogP contribution in [-0.4, -0.2) is 45.8 Å². The summed E-state index contributed by atoms with van der Waals surface area (Å²) < 4.78 is 0. The van der Waals surface area contributed by atoms with Crippen molar-refractivity contribution in [3.05, 3.63) is 22.4 Å². The fourth-order valence-corrected chi connectivity index (χ4v) is 2.88. The lowest BCUT2D eigenvalue weighted by molar-refractivity contribution is -0.141. The standard InChI is InChI=1S/C12H16N2O4S/c1-7(10-3-2-4-19-10)13-12(18)14-6-8(15)5-9(14)11(16)17/h2-4,7-9,15H,5-6H2,1H3,(H,13,18)(H,16,17)/t7?,8-,9-/m1/s1. The molecule has 6 nitrogen and oxygen atoms in total. The monoisotopic (exact) mass is 284 g/mol. The number of nitrogens with one attached hydrogen (secondary N) is 1. The van der Waals surface area contributed by atoms with Gasteiger partial charge in [0.25, 0.3) is 0 Å². The first kappa shape index (κ1) is 13.8. The van der Waals surface area contributed by atoms with Crippen molar-refractivity contribution in [1.82, 2.24) is 10.2 Å². The van der Waals surface area contributed by atoms with Crippen molar-refractivity contribution in [2.45, 2.75) is 31.5 Å². The van der Waals surface area contributed by atoms with Crippen LogP contribution in [0.4, 0.5) is 4.79 Å². The number of carboxylic acids is 1. The van der Waals surface area contributed by atoms with Gasteiger partial charge in [-0.2, -0.15) is 0 Å². The van der Waals surface area contributed by atoms with Gasteiger partial charge < -0.3 is 20.4 Å². The number of β-amino-alcohol motifs (C(OH)–C–C–N with tert-alkyl or cyclic N) is 1. The summed E-state index contributed by atoms with van der Waals surface area (Å²) in [6, 6.07) is 2.21. The Balaban J connectivity index is 2.01. The molecule has 2 heterocycles. The van der Waals surface area contributed by atoms with E-state index in [1.165, 1.54) is 16.2 Å². The Bertz CT molecular complexity index is 462. The number of rotatable bonds is 3. The van der Waals surface area contributed by atoms with Crippen molar-refractivity contribution in [2.24, 2.45) is 0 Å². The van der Waals surface area contributed by atoms with Crippen LogP contribution in [0.2, 0.25) is 0 Å². The van der Waals surface area contributed by atoms with E-state index in [-0.39, 0.29) is 19.0 Å². The molecule has 1 aliphatic heterocycles. The Kier molecular flexibility index (Phi) is 4.06. The lowest BCUT2D eigenvalue weighted by Gasteiger charge is -2.23. The van der Waals surface area contributed by atoms with Crippen molar-refractivity contribution in [2.75, 3.05) is 6.54 Å². The molecular weight excluding hydrogens is 268 g/mol. The molecule has 104 valence electrons. The van der Waals surface area contributed by atoms with E-state index in [1.54, 1.807) is 0 Å². The number of aliphatic carboxylic acids is 1. The highest BCUT2D eigenvalue weighted by Gasteiger charge is 2.39. The summed E-state index contributed by atoms with van der Waals surface area (Å²) in [5, 5.41) is 23.2. The molecule has 1 unspecified atom stereocenters. The maximum Gasteiger partial charge on any atom is 0.326 e. The van der Waals surface area contributed by atoms with Crippen molar-refractivity contribution in [1.29, 1.82) is 0 Å². The predicted molar refractivity (Wildman–Crippen MR) is 70.0 cm³/mol. The van der Waals surface area contributed by atoms with Gasteiger partial charge in [0.05, 0.1) is 12.1 Å². The molecule has 0 saturated carbocycles. The Morgan fingerprint density at radius 1 is 1.58 bits per heavy atom. The molecule has 0 aliphatic carbocycles. The lowest BCUT2D eigenvalue weighted by atomic mass is 10.2. The van der Waals surface area contributed by atoms with Crippen LogP contribution in [-0.2, 0) is 4.79 Å². The van der Waals surface area contributed by atoms with Crippen LogP contribution in [0.15, 0.2) is 17.5 Å². The summed E-state index contributed by atoms with van der Waals surface area (Å²) >= 11 is 1.52. The van der Waals surface area contributed by atoms with Crippen molar-refractivity contribution in [3.63, 3.8) is 0 Å². The Morgan fingerprint density at radius 3 is 2.89 bits per heavy atom.